The van der Waals surface area contributed by atoms with Crippen molar-refractivity contribution in [3.05, 3.63) is 60.6 Å². The summed E-state index contributed by atoms with van der Waals surface area (Å²) in [4.78, 5) is 14.1. The molecule has 4 rings (SSSR count). The molecule has 4 aromatic rings. The predicted octanol–water partition coefficient (Wildman–Crippen LogP) is 3.52. The van der Waals surface area contributed by atoms with Crippen LogP contribution in [-0.2, 0) is 0 Å². The summed E-state index contributed by atoms with van der Waals surface area (Å²) in [6, 6.07) is 8.05. The van der Waals surface area contributed by atoms with Crippen molar-refractivity contribution in [3.8, 4) is 21.8 Å². The van der Waals surface area contributed by atoms with E-state index in [4.69, 9.17) is 0 Å². The van der Waals surface area contributed by atoms with Crippen LogP contribution in [0.3, 0.4) is 0 Å². The second-order valence-corrected chi connectivity index (χ2v) is 5.31. The first-order valence-corrected chi connectivity index (χ1v) is 7.07. The number of rotatable bonds is 2. The van der Waals surface area contributed by atoms with Gasteiger partial charge in [0.25, 0.3) is 0 Å². The lowest BCUT2D eigenvalue weighted by Crippen LogP contribution is -1.92. The number of thiophene rings is 1. The molecule has 4 heterocycles. The number of hydrogen-bond donors (Lipinski definition) is 0. The van der Waals surface area contributed by atoms with E-state index in [-0.39, 0.29) is 0 Å². The minimum absolute atomic E-state index is 0.853. The third kappa shape index (κ3) is 1.80. The van der Waals surface area contributed by atoms with Gasteiger partial charge in [0.1, 0.15) is 0 Å². The Labute approximate surface area is 119 Å². The Morgan fingerprint density at radius 2 is 1.90 bits per heavy atom. The first kappa shape index (κ1) is 11.3. The van der Waals surface area contributed by atoms with E-state index in [9.17, 15) is 0 Å². The molecule has 0 aromatic carbocycles. The van der Waals surface area contributed by atoms with E-state index in [0.29, 0.717) is 0 Å². The summed E-state index contributed by atoms with van der Waals surface area (Å²) < 4.78 is 2.08. The standard InChI is InChI=1S/C15H10N4S/c1-2-14(20-7-1)13-8-18-15-9-17-12(10-19(13)15)11-3-5-16-6-4-11/h1-10H. The van der Waals surface area contributed by atoms with Gasteiger partial charge in [-0.05, 0) is 23.6 Å². The monoisotopic (exact) mass is 278 g/mol. The smallest absolute Gasteiger partial charge is 0.155 e. The number of aromatic nitrogens is 4. The molecular formula is C15H10N4S. The molecule has 0 aliphatic heterocycles. The van der Waals surface area contributed by atoms with Crippen LogP contribution in [0.15, 0.2) is 60.6 Å². The Morgan fingerprint density at radius 1 is 1.00 bits per heavy atom. The van der Waals surface area contributed by atoms with E-state index in [1.54, 1.807) is 29.9 Å². The molecule has 0 saturated carbocycles. The molecule has 0 amide bonds. The Bertz CT molecular complexity index is 850. The highest BCUT2D eigenvalue weighted by molar-refractivity contribution is 7.13. The zero-order valence-electron chi connectivity index (χ0n) is 10.5. The fourth-order valence-corrected chi connectivity index (χ4v) is 2.90. The van der Waals surface area contributed by atoms with Gasteiger partial charge in [0.2, 0.25) is 0 Å². The maximum atomic E-state index is 4.46. The molecule has 0 N–H and O–H groups in total. The first-order valence-electron chi connectivity index (χ1n) is 6.19. The normalized spacial score (nSPS) is 11.0. The van der Waals surface area contributed by atoms with Crippen molar-refractivity contribution in [2.75, 3.05) is 0 Å². The van der Waals surface area contributed by atoms with E-state index < -0.39 is 0 Å². The summed E-state index contributed by atoms with van der Waals surface area (Å²) in [6.07, 6.45) is 9.25. The van der Waals surface area contributed by atoms with Crippen LogP contribution in [-0.4, -0.2) is 19.4 Å². The van der Waals surface area contributed by atoms with Crippen molar-refractivity contribution >= 4 is 17.0 Å². The second-order valence-electron chi connectivity index (χ2n) is 4.36. The Balaban J connectivity index is 1.92. The Hall–Kier alpha value is -2.53. The highest BCUT2D eigenvalue weighted by Crippen LogP contribution is 2.26. The van der Waals surface area contributed by atoms with Gasteiger partial charge in [-0.3, -0.25) is 14.4 Å². The fraction of sp³-hybridized carbons (Fsp3) is 0. The molecule has 0 atom stereocenters. The Kier molecular flexibility index (Phi) is 2.57. The van der Waals surface area contributed by atoms with E-state index in [1.165, 1.54) is 4.88 Å². The summed E-state index contributed by atoms with van der Waals surface area (Å²) in [6.45, 7) is 0. The lowest BCUT2D eigenvalue weighted by atomic mass is 10.2. The quantitative estimate of drug-likeness (QED) is 0.563. The molecule has 0 bridgehead atoms. The minimum Gasteiger partial charge on any atom is -0.295 e. The highest BCUT2D eigenvalue weighted by Gasteiger charge is 2.08. The Morgan fingerprint density at radius 3 is 2.70 bits per heavy atom. The molecule has 0 aliphatic rings. The van der Waals surface area contributed by atoms with Gasteiger partial charge in [-0.25, -0.2) is 4.98 Å². The van der Waals surface area contributed by atoms with Gasteiger partial charge in [-0.15, -0.1) is 11.3 Å². The van der Waals surface area contributed by atoms with Crippen molar-refractivity contribution in [1.29, 1.82) is 0 Å². The van der Waals surface area contributed by atoms with Crippen LogP contribution in [0.2, 0.25) is 0 Å². The van der Waals surface area contributed by atoms with Gasteiger partial charge >= 0.3 is 0 Å². The lowest BCUT2D eigenvalue weighted by molar-refractivity contribution is 1.14. The number of pyridine rings is 1. The SMILES string of the molecule is c1csc(-c2cnc3cnc(-c4ccncc4)cn23)c1. The number of fused-ring (bicyclic) bond motifs is 1. The van der Waals surface area contributed by atoms with E-state index >= 15 is 0 Å². The van der Waals surface area contributed by atoms with Gasteiger partial charge in [-0.1, -0.05) is 6.07 Å². The molecule has 4 aromatic heterocycles. The van der Waals surface area contributed by atoms with E-state index in [1.807, 2.05) is 30.6 Å². The lowest BCUT2D eigenvalue weighted by Gasteiger charge is -2.03. The first-order chi connectivity index (χ1) is 9.92. The average molecular weight is 278 g/mol. The van der Waals surface area contributed by atoms with Gasteiger partial charge in [0.15, 0.2) is 5.65 Å². The van der Waals surface area contributed by atoms with Crippen molar-refractivity contribution in [2.24, 2.45) is 0 Å². The van der Waals surface area contributed by atoms with Gasteiger partial charge in [-0.2, -0.15) is 0 Å². The van der Waals surface area contributed by atoms with Crippen LogP contribution in [0.25, 0.3) is 27.5 Å². The van der Waals surface area contributed by atoms with Crippen molar-refractivity contribution < 1.29 is 0 Å². The van der Waals surface area contributed by atoms with Crippen molar-refractivity contribution in [3.63, 3.8) is 0 Å². The average Bonchev–Trinajstić information content (AvgIpc) is 3.16. The molecule has 0 aliphatic carbocycles. The van der Waals surface area contributed by atoms with Gasteiger partial charge in [0, 0.05) is 24.2 Å². The molecule has 0 fully saturated rings. The van der Waals surface area contributed by atoms with Crippen LogP contribution in [0.1, 0.15) is 0 Å². The van der Waals surface area contributed by atoms with E-state index in [2.05, 4.69) is 30.8 Å². The van der Waals surface area contributed by atoms with Crippen LogP contribution < -0.4 is 0 Å². The molecule has 0 spiro atoms. The number of hydrogen-bond acceptors (Lipinski definition) is 4. The number of nitrogens with zero attached hydrogens (tertiary/aromatic N) is 4. The van der Waals surface area contributed by atoms with Gasteiger partial charge in [0.05, 0.1) is 28.7 Å². The van der Waals surface area contributed by atoms with Crippen LogP contribution in [0.5, 0.6) is 0 Å². The van der Waals surface area contributed by atoms with Crippen molar-refractivity contribution in [1.82, 2.24) is 19.4 Å². The fourth-order valence-electron chi connectivity index (χ4n) is 2.17. The summed E-state index contributed by atoms with van der Waals surface area (Å²) in [5.74, 6) is 0. The molecule has 96 valence electrons. The molecule has 0 radical (unpaired) electrons. The maximum Gasteiger partial charge on any atom is 0.155 e. The second kappa shape index (κ2) is 4.54. The topological polar surface area (TPSA) is 43.1 Å². The molecule has 20 heavy (non-hydrogen) atoms. The van der Waals surface area contributed by atoms with Gasteiger partial charge < -0.3 is 0 Å². The molecular weight excluding hydrogens is 268 g/mol. The highest BCUT2D eigenvalue weighted by atomic mass is 32.1. The third-order valence-electron chi connectivity index (χ3n) is 3.15. The maximum absolute atomic E-state index is 4.46. The minimum atomic E-state index is 0.853. The molecule has 0 unspecified atom stereocenters. The summed E-state index contributed by atoms with van der Waals surface area (Å²) in [5.41, 5.74) is 3.90. The predicted molar refractivity (Wildman–Crippen MR) is 79.5 cm³/mol. The summed E-state index contributed by atoms with van der Waals surface area (Å²) >= 11 is 1.71. The zero-order chi connectivity index (χ0) is 13.4. The van der Waals surface area contributed by atoms with Crippen LogP contribution >= 0.6 is 11.3 Å². The van der Waals surface area contributed by atoms with Crippen LogP contribution in [0, 0.1) is 0 Å². The number of imidazole rings is 1. The molecule has 5 heteroatoms. The molecule has 4 nitrogen and oxygen atoms in total. The largest absolute Gasteiger partial charge is 0.295 e. The molecule has 0 saturated heterocycles. The van der Waals surface area contributed by atoms with Crippen molar-refractivity contribution in [2.45, 2.75) is 0 Å². The summed E-state index contributed by atoms with van der Waals surface area (Å²) in [7, 11) is 0. The zero-order valence-corrected chi connectivity index (χ0v) is 11.3. The van der Waals surface area contributed by atoms with E-state index in [0.717, 1.165) is 22.6 Å². The van der Waals surface area contributed by atoms with Crippen LogP contribution in [0.4, 0.5) is 0 Å². The third-order valence-corrected chi connectivity index (χ3v) is 4.04. The summed E-state index contributed by atoms with van der Waals surface area (Å²) in [5, 5.41) is 2.07.